The van der Waals surface area contributed by atoms with E-state index in [0.29, 0.717) is 66.5 Å². The Balaban J connectivity index is 1.43. The van der Waals surface area contributed by atoms with Gasteiger partial charge in [-0.25, -0.2) is 13.8 Å². The summed E-state index contributed by atoms with van der Waals surface area (Å²) in [4.78, 5) is 40.6. The van der Waals surface area contributed by atoms with Crippen molar-refractivity contribution in [3.05, 3.63) is 83.1 Å². The second kappa shape index (κ2) is 14.2. The molecular weight excluding hydrogens is 689 g/mol. The van der Waals surface area contributed by atoms with Crippen LogP contribution in [0, 0.1) is 11.6 Å². The molecule has 7 rings (SSSR count). The zero-order valence-electron chi connectivity index (χ0n) is 29.4. The van der Waals surface area contributed by atoms with Crippen molar-refractivity contribution in [1.29, 1.82) is 0 Å². The van der Waals surface area contributed by atoms with Gasteiger partial charge < -0.3 is 19.6 Å². The van der Waals surface area contributed by atoms with Crippen LogP contribution in [-0.2, 0) is 29.1 Å². The number of benzene rings is 1. The van der Waals surface area contributed by atoms with Gasteiger partial charge in [-0.1, -0.05) is 6.58 Å². The predicted molar refractivity (Wildman–Crippen MR) is 195 cm³/mol. The Morgan fingerprint density at radius 2 is 1.96 bits per heavy atom. The molecule has 2 atom stereocenters. The first-order chi connectivity index (χ1) is 24.9. The largest absolute Gasteiger partial charge is 0.490 e. The topological polar surface area (TPSA) is 117 Å². The van der Waals surface area contributed by atoms with Crippen molar-refractivity contribution < 1.29 is 28.2 Å². The molecule has 2 aliphatic heterocycles. The maximum Gasteiger partial charge on any atom is 0.246 e. The quantitative estimate of drug-likeness (QED) is 0.199. The second-order valence-electron chi connectivity index (χ2n) is 13.4. The summed E-state index contributed by atoms with van der Waals surface area (Å²) in [5.41, 5.74) is 5.19. The number of aliphatic hydroxyl groups is 1. The molecule has 5 aromatic rings. The van der Waals surface area contributed by atoms with Gasteiger partial charge in [0.15, 0.2) is 0 Å². The number of likely N-dealkylation sites (N-methyl/N-ethyl adjacent to an activating group) is 1. The van der Waals surface area contributed by atoms with Crippen LogP contribution >= 0.6 is 11.3 Å². The number of pyridine rings is 2. The fraction of sp³-hybridized carbons (Fsp3) is 0.342. The van der Waals surface area contributed by atoms with E-state index >= 15 is 4.39 Å². The summed E-state index contributed by atoms with van der Waals surface area (Å²) >= 11 is 1.38. The average Bonchev–Trinajstić information content (AvgIpc) is 3.78. The molecule has 0 spiro atoms. The Hall–Kier alpha value is -5.05. The van der Waals surface area contributed by atoms with E-state index in [1.54, 1.807) is 30.1 Å². The summed E-state index contributed by atoms with van der Waals surface area (Å²) in [6.07, 6.45) is 2.89. The second-order valence-corrected chi connectivity index (χ2v) is 14.4. The summed E-state index contributed by atoms with van der Waals surface area (Å²) < 4.78 is 39.2. The average molecular weight is 728 g/mol. The van der Waals surface area contributed by atoms with E-state index in [1.807, 2.05) is 35.2 Å². The van der Waals surface area contributed by atoms with Crippen molar-refractivity contribution in [2.45, 2.75) is 45.5 Å². The summed E-state index contributed by atoms with van der Waals surface area (Å²) in [6, 6.07) is 7.40. The van der Waals surface area contributed by atoms with Gasteiger partial charge >= 0.3 is 0 Å². The van der Waals surface area contributed by atoms with Crippen molar-refractivity contribution in [3.8, 4) is 39.5 Å². The zero-order valence-corrected chi connectivity index (χ0v) is 30.2. The molecular formula is C38H39F2N7O4S. The van der Waals surface area contributed by atoms with Gasteiger partial charge in [0.2, 0.25) is 11.8 Å². The van der Waals surface area contributed by atoms with Gasteiger partial charge in [0.1, 0.15) is 35.4 Å². The van der Waals surface area contributed by atoms with Crippen molar-refractivity contribution in [1.82, 2.24) is 34.4 Å². The van der Waals surface area contributed by atoms with Gasteiger partial charge in [0.25, 0.3) is 0 Å². The van der Waals surface area contributed by atoms with E-state index in [4.69, 9.17) is 19.8 Å². The number of fused-ring (bicyclic) bond motifs is 3. The number of rotatable bonds is 9. The summed E-state index contributed by atoms with van der Waals surface area (Å²) in [6.45, 7) is 9.31. The predicted octanol–water partition coefficient (Wildman–Crippen LogP) is 5.46. The summed E-state index contributed by atoms with van der Waals surface area (Å²) in [5, 5.41) is 17.6. The van der Waals surface area contributed by atoms with Crippen LogP contribution in [0.1, 0.15) is 36.8 Å². The maximum atomic E-state index is 16.2. The number of ether oxygens (including phenoxy) is 1. The molecule has 0 saturated heterocycles. The number of halogens is 2. The Bertz CT molecular complexity index is 2210. The van der Waals surface area contributed by atoms with Crippen molar-refractivity contribution in [2.24, 2.45) is 0 Å². The van der Waals surface area contributed by atoms with Crippen LogP contribution in [0.3, 0.4) is 0 Å². The number of amides is 2. The van der Waals surface area contributed by atoms with E-state index in [1.165, 1.54) is 24.3 Å². The van der Waals surface area contributed by atoms with Gasteiger partial charge in [-0.2, -0.15) is 5.10 Å². The molecule has 0 aliphatic carbocycles. The number of hydrogen-bond acceptors (Lipinski definition) is 9. The normalized spacial score (nSPS) is 16.4. The lowest BCUT2D eigenvalue weighted by molar-refractivity contribution is -0.130. The SMILES string of the molecule is C=CC(=O)N1CCn2nc(-c3nc(-c4cnc5c(c4)CN(CC(=O)N(C)C)CC5)c4ccsc4c3-c3c(F)cc(F)cc3OC[C@@H](C)O)cc2[C@H]1C. The third-order valence-electron chi connectivity index (χ3n) is 9.57. The molecule has 0 bridgehead atoms. The number of aromatic nitrogens is 4. The number of aliphatic hydroxyl groups excluding tert-OH is 1. The fourth-order valence-corrected chi connectivity index (χ4v) is 7.85. The van der Waals surface area contributed by atoms with Crippen molar-refractivity contribution in [3.63, 3.8) is 0 Å². The molecule has 11 nitrogen and oxygen atoms in total. The molecule has 0 unspecified atom stereocenters. The van der Waals surface area contributed by atoms with E-state index in [9.17, 15) is 19.1 Å². The van der Waals surface area contributed by atoms with Crippen molar-refractivity contribution in [2.75, 3.05) is 40.3 Å². The molecule has 0 radical (unpaired) electrons. The Morgan fingerprint density at radius 3 is 2.71 bits per heavy atom. The zero-order chi connectivity index (χ0) is 36.8. The third kappa shape index (κ3) is 6.57. The van der Waals surface area contributed by atoms with E-state index < -0.39 is 17.7 Å². The number of carbonyl (C=O) groups is 2. The van der Waals surface area contributed by atoms with Crippen LogP contribution in [0.2, 0.25) is 0 Å². The van der Waals surface area contributed by atoms with Gasteiger partial charge in [-0.05, 0) is 49.1 Å². The van der Waals surface area contributed by atoms with E-state index in [2.05, 4.69) is 11.5 Å². The lowest BCUT2D eigenvalue weighted by atomic mass is 9.95. The highest BCUT2D eigenvalue weighted by molar-refractivity contribution is 7.18. The van der Waals surface area contributed by atoms with Crippen LogP contribution in [0.25, 0.3) is 43.9 Å². The number of nitrogens with zero attached hydrogens (tertiary/aromatic N) is 7. The van der Waals surface area contributed by atoms with Gasteiger partial charge in [-0.15, -0.1) is 11.3 Å². The molecule has 0 saturated carbocycles. The molecule has 2 aliphatic rings. The molecule has 0 fully saturated rings. The number of carbonyl (C=O) groups excluding carboxylic acids is 2. The molecule has 14 heteroatoms. The number of thiophene rings is 1. The molecule has 1 aromatic carbocycles. The minimum atomic E-state index is -0.892. The van der Waals surface area contributed by atoms with Crippen LogP contribution in [-0.4, -0.2) is 97.8 Å². The highest BCUT2D eigenvalue weighted by atomic mass is 32.1. The van der Waals surface area contributed by atoms with Crippen LogP contribution in [0.4, 0.5) is 8.78 Å². The minimum absolute atomic E-state index is 0.00389. The summed E-state index contributed by atoms with van der Waals surface area (Å²) in [5.74, 6) is -1.93. The molecule has 1 N–H and O–H groups in total. The van der Waals surface area contributed by atoms with Crippen molar-refractivity contribution >= 4 is 33.2 Å². The van der Waals surface area contributed by atoms with Gasteiger partial charge in [0.05, 0.1) is 42.2 Å². The number of hydrogen-bond donors (Lipinski definition) is 1. The first kappa shape index (κ1) is 35.4. The third-order valence-corrected chi connectivity index (χ3v) is 10.5. The molecule has 2 amide bonds. The van der Waals surface area contributed by atoms with Gasteiger partial charge in [-0.3, -0.25) is 24.2 Å². The molecule has 270 valence electrons. The highest BCUT2D eigenvalue weighted by Gasteiger charge is 2.32. The lowest BCUT2D eigenvalue weighted by Crippen LogP contribution is -2.40. The van der Waals surface area contributed by atoms with E-state index in [0.717, 1.165) is 40.0 Å². The first-order valence-corrected chi connectivity index (χ1v) is 17.9. The maximum absolute atomic E-state index is 16.2. The van der Waals surface area contributed by atoms with Crippen LogP contribution < -0.4 is 4.74 Å². The molecule has 6 heterocycles. The standard InChI is InChI=1S/C38H39F2N7O4S/c1-6-32(49)46-10-11-47-30(22(46)3)16-29(43-47)37-35(34-27(40)14-25(39)15-31(34)51-20-21(2)48)38-26(8-12-52-38)36(42-37)23-13-24-18-45(19-33(50)44(4)5)9-7-28(24)41-17-23/h6,8,12-17,21-22,48H,1,7,9-11,18-20H2,2-5H3/t21-,22-/m1/s1. The lowest BCUT2D eigenvalue weighted by Gasteiger charge is -2.33. The Kier molecular flexibility index (Phi) is 9.63. The monoisotopic (exact) mass is 727 g/mol. The van der Waals surface area contributed by atoms with Gasteiger partial charge in [0, 0.05) is 85.4 Å². The fourth-order valence-electron chi connectivity index (χ4n) is 6.90. The van der Waals surface area contributed by atoms with E-state index in [-0.39, 0.29) is 35.8 Å². The highest BCUT2D eigenvalue weighted by Crippen LogP contribution is 2.47. The van der Waals surface area contributed by atoms with Crippen LogP contribution in [0.15, 0.2) is 54.6 Å². The minimum Gasteiger partial charge on any atom is -0.490 e. The molecule has 52 heavy (non-hydrogen) atoms. The Morgan fingerprint density at radius 1 is 1.15 bits per heavy atom. The Labute approximate surface area is 303 Å². The van der Waals surface area contributed by atoms with Crippen LogP contribution in [0.5, 0.6) is 5.75 Å². The smallest absolute Gasteiger partial charge is 0.246 e. The molecule has 4 aromatic heterocycles. The first-order valence-electron chi connectivity index (χ1n) is 17.1. The summed E-state index contributed by atoms with van der Waals surface area (Å²) in [7, 11) is 3.49.